The molecular weight excluding hydrogens is 695 g/mol. The molecular formula is C37H29IrN3O-2. The first kappa shape index (κ1) is 29.1. The molecule has 0 saturated carbocycles. The monoisotopic (exact) mass is 724 g/mol. The van der Waals surface area contributed by atoms with Gasteiger partial charge in [0.25, 0.3) is 0 Å². The van der Waals surface area contributed by atoms with Crippen molar-refractivity contribution < 1.29 is 24.5 Å². The fraction of sp³-hybridized carbons (Fsp3) is 0.108. The maximum absolute atomic E-state index is 6.12. The number of furan rings is 1. The Kier molecular flexibility index (Phi) is 9.02. The predicted molar refractivity (Wildman–Crippen MR) is 166 cm³/mol. The summed E-state index contributed by atoms with van der Waals surface area (Å²) in [6, 6.07) is 41.0. The van der Waals surface area contributed by atoms with Crippen LogP contribution < -0.4 is 0 Å². The Morgan fingerprint density at radius 1 is 0.690 bits per heavy atom. The first-order valence-corrected chi connectivity index (χ1v) is 13.7. The molecule has 7 aromatic rings. The minimum atomic E-state index is 0. The van der Waals surface area contributed by atoms with E-state index in [2.05, 4.69) is 77.3 Å². The standard InChI is InChI=1S/C26H21N2O.C11H8N.Ir/c1-16(2)18-8-10-19(11-9-18)20-13-14-27-24(15-20)23-6-4-5-21-22-12-7-17(3)28-26(22)29-25(21)23;1-2-6-10(7-3-1)11-8-4-5-9-12-11;/h4-5,7-16H,1-3H3;1-6,8-9H;/q2*-1;. The summed E-state index contributed by atoms with van der Waals surface area (Å²) >= 11 is 0. The fourth-order valence-electron chi connectivity index (χ4n) is 4.79. The zero-order chi connectivity index (χ0) is 28.2. The smallest absolute Gasteiger partial charge is 0.216 e. The Balaban J connectivity index is 0.000000228. The van der Waals surface area contributed by atoms with Gasteiger partial charge in [0.05, 0.1) is 5.58 Å². The molecule has 0 N–H and O–H groups in total. The quantitative estimate of drug-likeness (QED) is 0.170. The van der Waals surface area contributed by atoms with Crippen molar-refractivity contribution in [1.29, 1.82) is 0 Å². The van der Waals surface area contributed by atoms with Gasteiger partial charge in [0.15, 0.2) is 0 Å². The second-order valence-electron chi connectivity index (χ2n) is 10.2. The maximum Gasteiger partial charge on any atom is 0.216 e. The van der Waals surface area contributed by atoms with Gasteiger partial charge in [-0.2, -0.15) is 0 Å². The topological polar surface area (TPSA) is 51.8 Å². The van der Waals surface area contributed by atoms with Crippen LogP contribution in [0.3, 0.4) is 0 Å². The van der Waals surface area contributed by atoms with Crippen LogP contribution in [0.4, 0.5) is 0 Å². The minimum Gasteiger partial charge on any atom is -0.486 e. The van der Waals surface area contributed by atoms with Gasteiger partial charge in [-0.25, -0.2) is 4.98 Å². The molecule has 209 valence electrons. The molecule has 0 unspecified atom stereocenters. The number of rotatable bonds is 4. The number of hydrogen-bond acceptors (Lipinski definition) is 4. The number of benzene rings is 3. The third-order valence-corrected chi connectivity index (χ3v) is 7.01. The molecule has 0 amide bonds. The summed E-state index contributed by atoms with van der Waals surface area (Å²) in [4.78, 5) is 13.4. The largest absolute Gasteiger partial charge is 0.486 e. The van der Waals surface area contributed by atoms with E-state index in [-0.39, 0.29) is 20.1 Å². The van der Waals surface area contributed by atoms with Gasteiger partial charge in [0, 0.05) is 43.6 Å². The molecule has 0 aliphatic heterocycles. The fourth-order valence-corrected chi connectivity index (χ4v) is 4.79. The molecule has 0 bridgehead atoms. The molecule has 0 saturated heterocycles. The average molecular weight is 724 g/mol. The van der Waals surface area contributed by atoms with E-state index in [1.807, 2.05) is 79.9 Å². The molecule has 0 fully saturated rings. The van der Waals surface area contributed by atoms with Gasteiger partial charge in [-0.15, -0.1) is 54.1 Å². The van der Waals surface area contributed by atoms with Crippen LogP contribution in [0.5, 0.6) is 0 Å². The molecule has 1 radical (unpaired) electrons. The molecule has 3 aromatic carbocycles. The van der Waals surface area contributed by atoms with E-state index in [4.69, 9.17) is 4.42 Å². The molecule has 0 spiro atoms. The van der Waals surface area contributed by atoms with Crippen LogP contribution in [-0.2, 0) is 20.1 Å². The van der Waals surface area contributed by atoms with E-state index >= 15 is 0 Å². The molecule has 0 aliphatic carbocycles. The van der Waals surface area contributed by atoms with Gasteiger partial charge in [-0.05, 0) is 65.2 Å². The van der Waals surface area contributed by atoms with E-state index in [0.717, 1.165) is 50.1 Å². The molecule has 4 aromatic heterocycles. The SMILES string of the molecule is Cc1ccc2c(n1)oc1c(-c3cc(-c4ccc(C(C)C)cc4)ccn3)[c-]ccc12.[Ir].[c-]1ccccc1-c1ccccn1. The molecule has 4 nitrogen and oxygen atoms in total. The van der Waals surface area contributed by atoms with E-state index < -0.39 is 0 Å². The number of hydrogen-bond donors (Lipinski definition) is 0. The normalized spacial score (nSPS) is 10.8. The average Bonchev–Trinajstić information content (AvgIpc) is 3.40. The molecule has 7 rings (SSSR count). The van der Waals surface area contributed by atoms with Crippen molar-refractivity contribution in [3.05, 3.63) is 139 Å². The van der Waals surface area contributed by atoms with Gasteiger partial charge in [0.1, 0.15) is 0 Å². The summed E-state index contributed by atoms with van der Waals surface area (Å²) in [6.45, 7) is 6.38. The summed E-state index contributed by atoms with van der Waals surface area (Å²) in [6.07, 6.45) is 3.63. The molecule has 42 heavy (non-hydrogen) atoms. The summed E-state index contributed by atoms with van der Waals surface area (Å²) in [5.41, 5.74) is 9.72. The predicted octanol–water partition coefficient (Wildman–Crippen LogP) is 9.49. The van der Waals surface area contributed by atoms with Gasteiger partial charge >= 0.3 is 0 Å². The molecule has 5 heteroatoms. The summed E-state index contributed by atoms with van der Waals surface area (Å²) in [5.74, 6) is 0.523. The molecule has 4 heterocycles. The van der Waals surface area contributed by atoms with Gasteiger partial charge in [0.2, 0.25) is 5.71 Å². The third kappa shape index (κ3) is 6.23. The van der Waals surface area contributed by atoms with Crippen LogP contribution >= 0.6 is 0 Å². The minimum absolute atomic E-state index is 0. The second-order valence-corrected chi connectivity index (χ2v) is 10.2. The summed E-state index contributed by atoms with van der Waals surface area (Å²) < 4.78 is 6.12. The number of nitrogens with zero attached hydrogens (tertiary/aromatic N) is 3. The van der Waals surface area contributed by atoms with Gasteiger partial charge in [-0.1, -0.05) is 67.3 Å². The Morgan fingerprint density at radius 2 is 1.50 bits per heavy atom. The third-order valence-electron chi connectivity index (χ3n) is 7.01. The van der Waals surface area contributed by atoms with Crippen molar-refractivity contribution >= 4 is 22.1 Å². The van der Waals surface area contributed by atoms with Crippen LogP contribution in [0.25, 0.3) is 55.7 Å². The van der Waals surface area contributed by atoms with Gasteiger partial charge in [-0.3, -0.25) is 0 Å². The van der Waals surface area contributed by atoms with Crippen LogP contribution in [0.15, 0.2) is 120 Å². The summed E-state index contributed by atoms with van der Waals surface area (Å²) in [7, 11) is 0. The van der Waals surface area contributed by atoms with Crippen LogP contribution in [0.2, 0.25) is 0 Å². The van der Waals surface area contributed by atoms with E-state index in [1.165, 1.54) is 11.1 Å². The van der Waals surface area contributed by atoms with Crippen molar-refractivity contribution in [1.82, 2.24) is 15.0 Å². The second kappa shape index (κ2) is 13.0. The van der Waals surface area contributed by atoms with Crippen molar-refractivity contribution in [2.24, 2.45) is 0 Å². The van der Waals surface area contributed by atoms with Crippen molar-refractivity contribution in [3.63, 3.8) is 0 Å². The molecule has 0 aliphatic rings. The Labute approximate surface area is 259 Å². The van der Waals surface area contributed by atoms with Crippen LogP contribution in [0, 0.1) is 19.1 Å². The first-order valence-electron chi connectivity index (χ1n) is 13.7. The van der Waals surface area contributed by atoms with Crippen molar-refractivity contribution in [2.45, 2.75) is 26.7 Å². The summed E-state index contributed by atoms with van der Waals surface area (Å²) in [5, 5.41) is 2.05. The number of fused-ring (bicyclic) bond motifs is 3. The Bertz CT molecular complexity index is 1880. The first-order chi connectivity index (χ1) is 20.1. The van der Waals surface area contributed by atoms with E-state index in [9.17, 15) is 0 Å². The number of pyridine rings is 3. The van der Waals surface area contributed by atoms with Crippen LogP contribution in [-0.4, -0.2) is 15.0 Å². The Morgan fingerprint density at radius 3 is 2.24 bits per heavy atom. The number of aromatic nitrogens is 3. The van der Waals surface area contributed by atoms with E-state index in [0.29, 0.717) is 11.6 Å². The Hall–Kier alpha value is -4.44. The molecule has 0 atom stereocenters. The zero-order valence-electron chi connectivity index (χ0n) is 23.6. The van der Waals surface area contributed by atoms with Crippen molar-refractivity contribution in [3.8, 4) is 33.6 Å². The maximum atomic E-state index is 6.12. The van der Waals surface area contributed by atoms with Crippen molar-refractivity contribution in [2.75, 3.05) is 0 Å². The van der Waals surface area contributed by atoms with Crippen LogP contribution in [0.1, 0.15) is 31.0 Å². The number of aryl methyl sites for hydroxylation is 1. The van der Waals surface area contributed by atoms with Gasteiger partial charge < -0.3 is 14.4 Å². The van der Waals surface area contributed by atoms with E-state index in [1.54, 1.807) is 6.20 Å². The zero-order valence-corrected chi connectivity index (χ0v) is 26.0.